The van der Waals surface area contributed by atoms with E-state index in [9.17, 15) is 15.3 Å². The Balaban J connectivity index is 0.00000135. The zero-order chi connectivity index (χ0) is 32.0. The summed E-state index contributed by atoms with van der Waals surface area (Å²) in [5.41, 5.74) is 0. The van der Waals surface area contributed by atoms with Crippen LogP contribution in [-0.2, 0) is 14.3 Å². The Morgan fingerprint density at radius 3 is 2.02 bits per heavy atom. The lowest BCUT2D eigenvalue weighted by Gasteiger charge is -2.46. The van der Waals surface area contributed by atoms with Gasteiger partial charge in [0.05, 0.1) is 38.1 Å². The number of hydrogen-bond acceptors (Lipinski definition) is 7. The SMILES string of the molecule is CC.CCC[C@@](C)(O)OCC1C[C@H](C)CC[C@H]1C(C)C(O)C(O)C(C)[C@@H]1CC[C@@H](C)C2CCC(C)OCC21.CCON. The van der Waals surface area contributed by atoms with Crippen molar-refractivity contribution >= 4 is 0 Å². The van der Waals surface area contributed by atoms with Gasteiger partial charge in [-0.25, -0.2) is 5.90 Å². The Morgan fingerprint density at radius 1 is 0.881 bits per heavy atom. The first-order chi connectivity index (χ1) is 19.9. The summed E-state index contributed by atoms with van der Waals surface area (Å²) in [6.07, 6.45) is 8.25. The minimum absolute atomic E-state index is 0.0107. The van der Waals surface area contributed by atoms with Crippen LogP contribution in [0.2, 0.25) is 0 Å². The minimum Gasteiger partial charge on any atom is -0.390 e. The summed E-state index contributed by atoms with van der Waals surface area (Å²) in [6.45, 7) is 22.7. The van der Waals surface area contributed by atoms with Crippen molar-refractivity contribution in [1.82, 2.24) is 0 Å². The van der Waals surface area contributed by atoms with E-state index in [4.69, 9.17) is 9.47 Å². The Labute approximate surface area is 259 Å². The van der Waals surface area contributed by atoms with Crippen LogP contribution < -0.4 is 5.90 Å². The van der Waals surface area contributed by atoms with Crippen LogP contribution in [-0.4, -0.2) is 59.2 Å². The van der Waals surface area contributed by atoms with Crippen molar-refractivity contribution in [3.05, 3.63) is 0 Å². The predicted octanol–water partition coefficient (Wildman–Crippen LogP) is 6.96. The van der Waals surface area contributed by atoms with Gasteiger partial charge in [0.15, 0.2) is 5.79 Å². The molecule has 42 heavy (non-hydrogen) atoms. The molecule has 13 atom stereocenters. The molecule has 0 aromatic heterocycles. The van der Waals surface area contributed by atoms with Gasteiger partial charge in [-0.15, -0.1) is 0 Å². The molecular formula is C35H71NO6. The Hall–Kier alpha value is -0.280. The first-order valence-corrected chi connectivity index (χ1v) is 17.5. The highest BCUT2D eigenvalue weighted by Gasteiger charge is 2.45. The first kappa shape index (κ1) is 39.7. The van der Waals surface area contributed by atoms with E-state index in [-0.39, 0.29) is 17.8 Å². The highest BCUT2D eigenvalue weighted by Crippen LogP contribution is 2.48. The molecule has 2 aliphatic carbocycles. The van der Waals surface area contributed by atoms with Crippen LogP contribution in [0.5, 0.6) is 0 Å². The zero-order valence-corrected chi connectivity index (χ0v) is 29.1. The summed E-state index contributed by atoms with van der Waals surface area (Å²) in [7, 11) is 0. The van der Waals surface area contributed by atoms with Gasteiger partial charge in [-0.05, 0) is 106 Å². The number of fused-ring (bicyclic) bond motifs is 1. The molecule has 3 rings (SSSR count). The van der Waals surface area contributed by atoms with Crippen LogP contribution in [0.25, 0.3) is 0 Å². The average Bonchev–Trinajstić information content (AvgIpc) is 3.18. The third-order valence-corrected chi connectivity index (χ3v) is 10.8. The standard InChI is InChI=1S/C31H58O5.C2H7NO.C2H6/c1-8-15-31(7,34)36-17-24-16-19(2)9-12-26(24)22(5)29(32)30(33)23(6)27-13-10-20(3)25-14-11-21(4)35-18-28(25)27;1-2-4-3;1-2/h19-30,32-34H,8-18H2,1-7H3;2-3H2,1H3;1-2H3/t19-,20-,21?,22?,23?,24?,25?,26+,27+,28?,29?,30?,31+;;/m1../s1. The summed E-state index contributed by atoms with van der Waals surface area (Å²) < 4.78 is 12.2. The summed E-state index contributed by atoms with van der Waals surface area (Å²) in [5.74, 6) is 6.91. The van der Waals surface area contributed by atoms with Crippen molar-refractivity contribution < 1.29 is 29.6 Å². The lowest BCUT2D eigenvalue weighted by molar-refractivity contribution is -0.208. The van der Waals surface area contributed by atoms with Gasteiger partial charge in [-0.3, -0.25) is 0 Å². The highest BCUT2D eigenvalue weighted by atomic mass is 16.6. The van der Waals surface area contributed by atoms with E-state index in [2.05, 4.69) is 52.3 Å². The molecule has 2 saturated carbocycles. The van der Waals surface area contributed by atoms with Crippen LogP contribution in [0.3, 0.4) is 0 Å². The first-order valence-electron chi connectivity index (χ1n) is 17.5. The highest BCUT2D eigenvalue weighted by molar-refractivity contribution is 4.94. The van der Waals surface area contributed by atoms with Crippen molar-refractivity contribution in [3.63, 3.8) is 0 Å². The summed E-state index contributed by atoms with van der Waals surface area (Å²) in [6, 6.07) is 0. The van der Waals surface area contributed by atoms with E-state index in [0.717, 1.165) is 45.1 Å². The third kappa shape index (κ3) is 11.9. The Kier molecular flexibility index (Phi) is 18.9. The third-order valence-electron chi connectivity index (χ3n) is 10.8. The maximum Gasteiger partial charge on any atom is 0.162 e. The number of rotatable bonds is 11. The maximum atomic E-state index is 11.5. The largest absolute Gasteiger partial charge is 0.390 e. The van der Waals surface area contributed by atoms with Crippen LogP contribution in [0.15, 0.2) is 0 Å². The molecule has 1 heterocycles. The maximum absolute atomic E-state index is 11.5. The van der Waals surface area contributed by atoms with Crippen molar-refractivity contribution in [2.24, 2.45) is 59.2 Å². The van der Waals surface area contributed by atoms with E-state index >= 15 is 0 Å². The molecule has 0 aromatic carbocycles. The van der Waals surface area contributed by atoms with Crippen LogP contribution in [0, 0.1) is 53.3 Å². The van der Waals surface area contributed by atoms with Gasteiger partial charge >= 0.3 is 0 Å². The van der Waals surface area contributed by atoms with Crippen molar-refractivity contribution in [2.75, 3.05) is 19.8 Å². The number of ether oxygens (including phenoxy) is 2. The van der Waals surface area contributed by atoms with Gasteiger partial charge in [-0.2, -0.15) is 0 Å². The number of hydrogen-bond donors (Lipinski definition) is 4. The van der Waals surface area contributed by atoms with Gasteiger partial charge in [-0.1, -0.05) is 67.7 Å². The second-order valence-electron chi connectivity index (χ2n) is 14.0. The van der Waals surface area contributed by atoms with Gasteiger partial charge in [0.1, 0.15) is 0 Å². The monoisotopic (exact) mass is 602 g/mol. The minimum atomic E-state index is -1.09. The average molecular weight is 602 g/mol. The summed E-state index contributed by atoms with van der Waals surface area (Å²) in [5, 5.41) is 33.6. The second-order valence-corrected chi connectivity index (χ2v) is 14.0. The van der Waals surface area contributed by atoms with Crippen molar-refractivity contribution in [3.8, 4) is 0 Å². The fourth-order valence-corrected chi connectivity index (χ4v) is 8.16. The van der Waals surface area contributed by atoms with Crippen molar-refractivity contribution in [2.45, 2.75) is 151 Å². The topological polar surface area (TPSA) is 114 Å². The zero-order valence-electron chi connectivity index (χ0n) is 29.1. The van der Waals surface area contributed by atoms with E-state index in [1.165, 1.54) is 12.8 Å². The van der Waals surface area contributed by atoms with E-state index in [0.29, 0.717) is 61.2 Å². The summed E-state index contributed by atoms with van der Waals surface area (Å²) >= 11 is 0. The van der Waals surface area contributed by atoms with E-state index in [1.54, 1.807) is 6.92 Å². The normalized spacial score (nSPS) is 35.9. The summed E-state index contributed by atoms with van der Waals surface area (Å²) in [4.78, 5) is 4.04. The molecule has 0 aromatic rings. The second kappa shape index (κ2) is 20.0. The molecule has 8 unspecified atom stereocenters. The predicted molar refractivity (Wildman–Crippen MR) is 172 cm³/mol. The number of aliphatic hydroxyl groups excluding tert-OH is 2. The molecule has 3 fully saturated rings. The van der Waals surface area contributed by atoms with E-state index < -0.39 is 18.0 Å². The molecule has 1 saturated heterocycles. The molecule has 3 aliphatic rings. The Morgan fingerprint density at radius 2 is 1.45 bits per heavy atom. The van der Waals surface area contributed by atoms with Gasteiger partial charge < -0.3 is 29.6 Å². The molecule has 5 N–H and O–H groups in total. The van der Waals surface area contributed by atoms with Gasteiger partial charge in [0.25, 0.3) is 0 Å². The van der Waals surface area contributed by atoms with Crippen LogP contribution >= 0.6 is 0 Å². The number of aliphatic hydroxyl groups is 3. The molecule has 1 aliphatic heterocycles. The number of nitrogens with two attached hydrogens (primary N) is 1. The molecule has 7 nitrogen and oxygen atoms in total. The fraction of sp³-hybridized carbons (Fsp3) is 1.00. The molecule has 252 valence electrons. The molecule has 7 heteroatoms. The molecule has 0 radical (unpaired) electrons. The van der Waals surface area contributed by atoms with E-state index in [1.807, 2.05) is 20.8 Å². The van der Waals surface area contributed by atoms with Crippen molar-refractivity contribution in [1.29, 1.82) is 0 Å². The van der Waals surface area contributed by atoms with Gasteiger partial charge in [0.2, 0.25) is 0 Å². The van der Waals surface area contributed by atoms with Gasteiger partial charge in [0, 0.05) is 6.42 Å². The fourth-order valence-electron chi connectivity index (χ4n) is 8.16. The molecule has 0 amide bonds. The Bertz CT molecular complexity index is 690. The molecule has 0 spiro atoms. The smallest absolute Gasteiger partial charge is 0.162 e. The van der Waals surface area contributed by atoms with Crippen LogP contribution in [0.4, 0.5) is 0 Å². The molecular weight excluding hydrogens is 530 g/mol. The molecule has 0 bridgehead atoms. The lowest BCUT2D eigenvalue weighted by Crippen LogP contribution is -2.48. The van der Waals surface area contributed by atoms with Crippen LogP contribution in [0.1, 0.15) is 127 Å². The quantitative estimate of drug-likeness (QED) is 0.150. The lowest BCUT2D eigenvalue weighted by atomic mass is 9.61.